The van der Waals surface area contributed by atoms with Crippen LogP contribution in [-0.2, 0) is 89.6 Å². The Morgan fingerprint density at radius 3 is 1.30 bits per heavy atom. The molecule has 0 fully saturated rings. The van der Waals surface area contributed by atoms with Crippen LogP contribution < -0.4 is 59.7 Å². The number of nitrogens with zero attached hydrogens (tertiary/aromatic N) is 1. The average molecular weight is 1870 g/mol. The van der Waals surface area contributed by atoms with Gasteiger partial charge in [0.2, 0.25) is 53.2 Å². The average Bonchev–Trinajstić information content (AvgIpc) is 1.84. The van der Waals surface area contributed by atoms with E-state index in [1.807, 2.05) is 0 Å². The van der Waals surface area contributed by atoms with E-state index in [0.29, 0.717) is 56.2 Å². The Balaban J connectivity index is 2.32. The number of carbonyl (C=O) groups excluding carboxylic acids is 16. The van der Waals surface area contributed by atoms with E-state index in [4.69, 9.17) is 17.2 Å². The maximum Gasteiger partial charge on any atom is 0.226 e. The molecular formula is C100H169N13O20. The van der Waals surface area contributed by atoms with Crippen LogP contribution in [0, 0.1) is 41.4 Å². The van der Waals surface area contributed by atoms with Gasteiger partial charge in [0.15, 0.2) is 40.5 Å². The molecule has 9 amide bonds. The first-order valence-corrected chi connectivity index (χ1v) is 49.8. The van der Waals surface area contributed by atoms with Gasteiger partial charge in [-0.3, -0.25) is 76.7 Å². The van der Waals surface area contributed by atoms with Crippen molar-refractivity contribution in [1.82, 2.24) is 52.5 Å². The normalized spacial score (nSPS) is 15.1. The molecule has 0 saturated heterocycles. The van der Waals surface area contributed by atoms with Gasteiger partial charge in [-0.2, -0.15) is 0 Å². The van der Waals surface area contributed by atoms with E-state index in [1.54, 1.807) is 44.2 Å². The molecule has 754 valence electrons. The third-order valence-corrected chi connectivity index (χ3v) is 24.8. The van der Waals surface area contributed by atoms with Gasteiger partial charge in [-0.25, -0.2) is 4.98 Å². The van der Waals surface area contributed by atoms with E-state index in [0.717, 1.165) is 51.4 Å². The number of aliphatic hydroxyl groups is 4. The second-order valence-electron chi connectivity index (χ2n) is 37.5. The number of amides is 9. The quantitative estimate of drug-likeness (QED) is 0.0274. The topological polar surface area (TPSA) is 557 Å². The number of ketones is 7. The Hall–Kier alpha value is -8.89. The zero-order valence-electron chi connectivity index (χ0n) is 81.8. The minimum absolute atomic E-state index is 0.0335. The van der Waals surface area contributed by atoms with Crippen LogP contribution in [0.4, 0.5) is 0 Å². The van der Waals surface area contributed by atoms with Crippen LogP contribution in [-0.4, -0.2) is 211 Å². The summed E-state index contributed by atoms with van der Waals surface area (Å²) in [5, 5.41) is 63.3. The standard InChI is InChI=1S/C100H169N13O20/c1-11-13-15-17-19-21-22-23-24-25-27-28-30-35-45-80(109-92(126)46-36-31-29-26-20-18-16-14-12-2)84(118)48-50-93(127)107-69(7)85(119)56-74(43-37-39-51-101)96(129)111-82(55-73-41-33-32-34-42-73)88(122)58-75(44-38-40-52-102)98(131)113-94(72(10)117)90(124)59-77(64-115)99(132)108-70(8)86(120)57-76(47-49-91(103)125)97(130)112-83(60-78-62-104-65-105-78)87(121)54-67(5)95(128)110-81(53-66(3)4)89(123)61-79(71(9)116)100(133)106-68(6)63-114/h32-34,41-42,62,65-72,74-77,79-83,94,114-117H,11-31,35-40,43-61,63-64,101-102H2,1-10H3,(H2,103,125)(H,104,105)(H,106,133)(H,107,127)(H,108,132)(H,109,126)(H,110,128)(H,111,129)(H,112,130)(H,113,131)/t67-,68-,69+,70+,71+,72-,74+,75+,76-,77+,79-,80?,81+,82+,83+,94+/m1/s1. The van der Waals surface area contributed by atoms with E-state index >= 15 is 0 Å². The van der Waals surface area contributed by atoms with Gasteiger partial charge >= 0.3 is 0 Å². The zero-order chi connectivity index (χ0) is 99.2. The molecule has 1 aromatic carbocycles. The summed E-state index contributed by atoms with van der Waals surface area (Å²) >= 11 is 0. The molecule has 33 heteroatoms. The van der Waals surface area contributed by atoms with Crippen LogP contribution in [0.25, 0.3) is 0 Å². The van der Waals surface area contributed by atoms with Gasteiger partial charge in [-0.15, -0.1) is 0 Å². The highest BCUT2D eigenvalue weighted by molar-refractivity contribution is 6.00. The highest BCUT2D eigenvalue weighted by Crippen LogP contribution is 2.26. The first-order valence-electron chi connectivity index (χ1n) is 49.8. The SMILES string of the molecule is CCCCCCCCCCCCCCCCC(NC(=O)CCCCCCCCCCC)C(=O)CCC(=O)N[C@@H](C)C(=O)C[C@H](CCCCN)C(=O)N[C@@H](Cc1ccccc1)C(=O)C[C@H](CCCCN)C(=O)N[C@H](C(=O)C[C@@H](CO)C(=O)N[C@@H](C)C(=O)C[C@@H](CCC(N)=O)C(=O)N[C@@H](Cc1cnc[nH]1)C(=O)C[C@@H](C)C(=O)N[C@@H](CC(C)C)C(=O)C[C@@H](C(=O)N[C@H](C)CO)[C@H](C)O)[C@@H](C)O. The lowest BCUT2D eigenvalue weighted by molar-refractivity contribution is -0.138. The number of H-pyrrole nitrogens is 1. The maximum atomic E-state index is 14.9. The summed E-state index contributed by atoms with van der Waals surface area (Å²) in [5.41, 5.74) is 18.3. The Labute approximate surface area is 790 Å². The van der Waals surface area contributed by atoms with Gasteiger partial charge in [0.1, 0.15) is 6.04 Å². The van der Waals surface area contributed by atoms with Gasteiger partial charge in [0.05, 0.1) is 79.8 Å². The summed E-state index contributed by atoms with van der Waals surface area (Å²) in [5.74, 6) is -18.5. The number of hydrogen-bond donors (Lipinski definition) is 16. The lowest BCUT2D eigenvalue weighted by atomic mass is 9.88. The molecule has 0 aliphatic heterocycles. The first kappa shape index (κ1) is 120. The minimum Gasteiger partial charge on any atom is -0.396 e. The molecule has 133 heavy (non-hydrogen) atoms. The predicted molar refractivity (Wildman–Crippen MR) is 512 cm³/mol. The van der Waals surface area contributed by atoms with Gasteiger partial charge < -0.3 is 85.1 Å². The van der Waals surface area contributed by atoms with Crippen LogP contribution in [0.15, 0.2) is 42.9 Å². The number of carbonyl (C=O) groups is 16. The molecule has 19 N–H and O–H groups in total. The third-order valence-electron chi connectivity index (χ3n) is 24.8. The number of aromatic amines is 1. The van der Waals surface area contributed by atoms with Crippen LogP contribution in [0.5, 0.6) is 0 Å². The van der Waals surface area contributed by atoms with Crippen LogP contribution in [0.3, 0.4) is 0 Å². The fourth-order valence-corrected chi connectivity index (χ4v) is 16.2. The molecular weight excluding hydrogens is 1700 g/mol. The largest absolute Gasteiger partial charge is 0.396 e. The second kappa shape index (κ2) is 70.7. The summed E-state index contributed by atoms with van der Waals surface area (Å²) in [6.45, 7) is 15.4. The van der Waals surface area contributed by atoms with Crippen molar-refractivity contribution in [3.05, 3.63) is 54.1 Å². The summed E-state index contributed by atoms with van der Waals surface area (Å²) < 4.78 is 0. The third kappa shape index (κ3) is 52.7. The molecule has 2 rings (SSSR count). The Morgan fingerprint density at radius 2 is 0.820 bits per heavy atom. The molecule has 2 aromatic rings. The Kier molecular flexibility index (Phi) is 63.9. The molecule has 0 spiro atoms. The highest BCUT2D eigenvalue weighted by atomic mass is 16.3. The van der Waals surface area contributed by atoms with Crippen molar-refractivity contribution in [3.8, 4) is 0 Å². The van der Waals surface area contributed by atoms with E-state index < -0.39 is 230 Å². The number of primary amides is 1. The fraction of sp³-hybridized carbons (Fsp3) is 0.750. The van der Waals surface area contributed by atoms with Crippen molar-refractivity contribution in [3.63, 3.8) is 0 Å². The molecule has 16 atom stereocenters. The monoisotopic (exact) mass is 1870 g/mol. The van der Waals surface area contributed by atoms with Crippen LogP contribution in [0.2, 0.25) is 0 Å². The second-order valence-corrected chi connectivity index (χ2v) is 37.5. The summed E-state index contributed by atoms with van der Waals surface area (Å²) in [4.78, 5) is 230. The summed E-state index contributed by atoms with van der Waals surface area (Å²) in [6.07, 6.45) is 24.1. The van der Waals surface area contributed by atoms with Crippen molar-refractivity contribution >= 4 is 93.6 Å². The maximum absolute atomic E-state index is 14.9. The summed E-state index contributed by atoms with van der Waals surface area (Å²) in [7, 11) is 0. The van der Waals surface area contributed by atoms with E-state index in [-0.39, 0.29) is 88.5 Å². The van der Waals surface area contributed by atoms with E-state index in [1.165, 1.54) is 144 Å². The first-order chi connectivity index (χ1) is 63.4. The number of hydrogen-bond acceptors (Lipinski definition) is 23. The number of aromatic nitrogens is 2. The van der Waals surface area contributed by atoms with Crippen molar-refractivity contribution in [2.75, 3.05) is 26.3 Å². The Morgan fingerprint density at radius 1 is 0.376 bits per heavy atom. The molecule has 1 heterocycles. The number of benzene rings is 1. The number of rotatable bonds is 82. The molecule has 33 nitrogen and oxygen atoms in total. The highest BCUT2D eigenvalue weighted by Gasteiger charge is 2.39. The number of imidazole rings is 1. The molecule has 0 aliphatic carbocycles. The predicted octanol–water partition coefficient (Wildman–Crippen LogP) is 9.06. The molecule has 0 bridgehead atoms. The van der Waals surface area contributed by atoms with Crippen molar-refractivity contribution < 1.29 is 97.1 Å². The molecule has 0 radical (unpaired) electrons. The summed E-state index contributed by atoms with van der Waals surface area (Å²) in [6, 6.07) is -0.806. The van der Waals surface area contributed by atoms with Gasteiger partial charge in [-0.05, 0) is 117 Å². The lowest BCUT2D eigenvalue weighted by Gasteiger charge is -2.27. The number of nitrogens with two attached hydrogens (primary N) is 3. The van der Waals surface area contributed by atoms with Crippen molar-refractivity contribution in [1.29, 1.82) is 0 Å². The Bertz CT molecular complexity index is 3770. The van der Waals surface area contributed by atoms with Crippen LogP contribution >= 0.6 is 0 Å². The van der Waals surface area contributed by atoms with Gasteiger partial charge in [-0.1, -0.05) is 219 Å². The fourth-order valence-electron chi connectivity index (χ4n) is 16.2. The van der Waals surface area contributed by atoms with E-state index in [9.17, 15) is 97.1 Å². The van der Waals surface area contributed by atoms with Gasteiger partial charge in [0.25, 0.3) is 0 Å². The van der Waals surface area contributed by atoms with E-state index in [2.05, 4.69) is 66.3 Å². The molecule has 0 saturated carbocycles. The smallest absolute Gasteiger partial charge is 0.226 e. The van der Waals surface area contributed by atoms with Crippen molar-refractivity contribution in [2.45, 2.75) is 412 Å². The number of nitrogens with one attached hydrogen (secondary N) is 9. The zero-order valence-corrected chi connectivity index (χ0v) is 81.8. The van der Waals surface area contributed by atoms with Crippen molar-refractivity contribution in [2.24, 2.45) is 58.6 Å². The van der Waals surface area contributed by atoms with Gasteiger partial charge in [0, 0.05) is 112 Å². The molecule has 1 unspecified atom stereocenters. The number of Topliss-reactive ketones (excluding diaryl/α,β-unsaturated/α-hetero) is 7. The lowest BCUT2D eigenvalue weighted by Crippen LogP contribution is -2.52. The molecule has 0 aliphatic rings. The number of aliphatic hydroxyl groups excluding tert-OH is 4. The van der Waals surface area contributed by atoms with Crippen LogP contribution in [0.1, 0.15) is 350 Å². The minimum atomic E-state index is -1.74. The number of unbranched alkanes of at least 4 members (excludes halogenated alkanes) is 23. The molecule has 1 aromatic heterocycles.